The standard InChI is InChI=1S/C11H15N3O5S/c1-18-11(15)9-7-19-5-4-14(9)10-3-2-8(6-13-10)20(12,16)17/h2-3,6,9H,4-5,7H2,1H3,(H2,12,16,17). The van der Waals surface area contributed by atoms with Gasteiger partial charge >= 0.3 is 5.97 Å². The number of aromatic nitrogens is 1. The van der Waals surface area contributed by atoms with Gasteiger partial charge in [-0.25, -0.2) is 23.3 Å². The second kappa shape index (κ2) is 5.73. The maximum atomic E-state index is 11.7. The van der Waals surface area contributed by atoms with Crippen LogP contribution >= 0.6 is 0 Å². The molecule has 0 spiro atoms. The normalized spacial score (nSPS) is 19.7. The molecule has 9 heteroatoms. The van der Waals surface area contributed by atoms with Gasteiger partial charge in [0.1, 0.15) is 10.7 Å². The lowest BCUT2D eigenvalue weighted by Gasteiger charge is -2.34. The molecule has 1 aliphatic rings. The highest BCUT2D eigenvalue weighted by Crippen LogP contribution is 2.19. The van der Waals surface area contributed by atoms with Crippen molar-refractivity contribution in [3.05, 3.63) is 18.3 Å². The number of anilines is 1. The van der Waals surface area contributed by atoms with Crippen molar-refractivity contribution in [3.8, 4) is 0 Å². The number of primary sulfonamides is 1. The van der Waals surface area contributed by atoms with Gasteiger partial charge in [-0.2, -0.15) is 0 Å². The number of carbonyl (C=O) groups excluding carboxylic acids is 1. The van der Waals surface area contributed by atoms with Crippen molar-refractivity contribution in [1.29, 1.82) is 0 Å². The number of methoxy groups -OCH3 is 1. The van der Waals surface area contributed by atoms with Gasteiger partial charge in [0, 0.05) is 12.7 Å². The van der Waals surface area contributed by atoms with E-state index < -0.39 is 22.0 Å². The number of pyridine rings is 1. The molecule has 1 aliphatic heterocycles. The molecule has 0 aliphatic carbocycles. The highest BCUT2D eigenvalue weighted by atomic mass is 32.2. The summed E-state index contributed by atoms with van der Waals surface area (Å²) in [5.41, 5.74) is 0. The number of esters is 1. The van der Waals surface area contributed by atoms with Gasteiger partial charge in [-0.15, -0.1) is 0 Å². The smallest absolute Gasteiger partial charge is 0.330 e. The number of hydrogen-bond donors (Lipinski definition) is 1. The van der Waals surface area contributed by atoms with Crippen LogP contribution in [-0.2, 0) is 24.3 Å². The molecule has 1 aromatic rings. The molecule has 8 nitrogen and oxygen atoms in total. The van der Waals surface area contributed by atoms with Gasteiger partial charge in [-0.3, -0.25) is 0 Å². The SMILES string of the molecule is COC(=O)C1COCCN1c1ccc(S(N)(=O)=O)cn1. The zero-order valence-corrected chi connectivity index (χ0v) is 11.7. The molecule has 1 unspecified atom stereocenters. The number of carbonyl (C=O) groups is 1. The summed E-state index contributed by atoms with van der Waals surface area (Å²) in [6.07, 6.45) is 1.16. The summed E-state index contributed by atoms with van der Waals surface area (Å²) in [5.74, 6) is 0.0399. The third-order valence-corrected chi connectivity index (χ3v) is 3.84. The van der Waals surface area contributed by atoms with Crippen LogP contribution in [0.1, 0.15) is 0 Å². The van der Waals surface area contributed by atoms with Gasteiger partial charge < -0.3 is 14.4 Å². The number of ether oxygens (including phenoxy) is 2. The van der Waals surface area contributed by atoms with Crippen LogP contribution in [-0.4, -0.2) is 52.3 Å². The Kier molecular flexibility index (Phi) is 4.21. The van der Waals surface area contributed by atoms with Crippen LogP contribution in [0.5, 0.6) is 0 Å². The van der Waals surface area contributed by atoms with E-state index in [1.54, 1.807) is 4.90 Å². The number of rotatable bonds is 3. The third-order valence-electron chi connectivity index (χ3n) is 2.95. The van der Waals surface area contributed by atoms with Crippen molar-refractivity contribution >= 4 is 21.8 Å². The minimum atomic E-state index is -3.78. The minimum absolute atomic E-state index is 0.0795. The van der Waals surface area contributed by atoms with Crippen LogP contribution in [0.15, 0.2) is 23.2 Å². The van der Waals surface area contributed by atoms with E-state index in [1.807, 2.05) is 0 Å². The van der Waals surface area contributed by atoms with Gasteiger partial charge in [0.25, 0.3) is 0 Å². The Morgan fingerprint density at radius 2 is 2.30 bits per heavy atom. The summed E-state index contributed by atoms with van der Waals surface area (Å²) in [5, 5.41) is 5.01. The lowest BCUT2D eigenvalue weighted by Crippen LogP contribution is -2.51. The number of morpholine rings is 1. The predicted octanol–water partition coefficient (Wildman–Crippen LogP) is -0.893. The van der Waals surface area contributed by atoms with Crippen molar-refractivity contribution in [2.45, 2.75) is 10.9 Å². The van der Waals surface area contributed by atoms with E-state index in [9.17, 15) is 13.2 Å². The Bertz CT molecular complexity index is 587. The molecular weight excluding hydrogens is 286 g/mol. The van der Waals surface area contributed by atoms with Crippen LogP contribution < -0.4 is 10.0 Å². The fourth-order valence-corrected chi connectivity index (χ4v) is 2.38. The molecule has 110 valence electrons. The maximum absolute atomic E-state index is 11.7. The highest BCUT2D eigenvalue weighted by Gasteiger charge is 2.31. The predicted molar refractivity (Wildman–Crippen MR) is 69.6 cm³/mol. The fourth-order valence-electron chi connectivity index (χ4n) is 1.92. The molecular formula is C11H15N3O5S. The zero-order valence-electron chi connectivity index (χ0n) is 10.9. The van der Waals surface area contributed by atoms with Crippen LogP contribution in [0.25, 0.3) is 0 Å². The molecule has 0 bridgehead atoms. The average Bonchev–Trinajstić information content (AvgIpc) is 2.45. The van der Waals surface area contributed by atoms with E-state index >= 15 is 0 Å². The molecule has 0 saturated carbocycles. The number of hydrogen-bond acceptors (Lipinski definition) is 7. The molecule has 1 fully saturated rings. The Morgan fingerprint density at radius 3 is 2.85 bits per heavy atom. The Labute approximate surface area is 116 Å². The lowest BCUT2D eigenvalue weighted by atomic mass is 10.2. The molecule has 2 rings (SSSR count). The summed E-state index contributed by atoms with van der Waals surface area (Å²) < 4.78 is 32.3. The van der Waals surface area contributed by atoms with Crippen molar-refractivity contribution in [2.24, 2.45) is 5.14 Å². The second-order valence-electron chi connectivity index (χ2n) is 4.20. The van der Waals surface area contributed by atoms with Crippen molar-refractivity contribution in [1.82, 2.24) is 4.98 Å². The lowest BCUT2D eigenvalue weighted by molar-refractivity contribution is -0.144. The minimum Gasteiger partial charge on any atom is -0.467 e. The molecule has 1 atom stereocenters. The van der Waals surface area contributed by atoms with Gasteiger partial charge in [0.05, 0.1) is 20.3 Å². The van der Waals surface area contributed by atoms with Gasteiger partial charge in [-0.05, 0) is 12.1 Å². The Balaban J connectivity index is 2.26. The number of nitrogens with zero attached hydrogens (tertiary/aromatic N) is 2. The molecule has 1 aromatic heterocycles. The van der Waals surface area contributed by atoms with E-state index in [2.05, 4.69) is 4.98 Å². The average molecular weight is 301 g/mol. The topological polar surface area (TPSA) is 112 Å². The zero-order chi connectivity index (χ0) is 14.8. The van der Waals surface area contributed by atoms with E-state index in [0.29, 0.717) is 19.0 Å². The molecule has 20 heavy (non-hydrogen) atoms. The van der Waals surface area contributed by atoms with E-state index in [-0.39, 0.29) is 11.5 Å². The first kappa shape index (κ1) is 14.7. The maximum Gasteiger partial charge on any atom is 0.330 e. The molecule has 0 amide bonds. The van der Waals surface area contributed by atoms with Crippen LogP contribution in [0.2, 0.25) is 0 Å². The van der Waals surface area contributed by atoms with Gasteiger partial charge in [-0.1, -0.05) is 0 Å². The van der Waals surface area contributed by atoms with E-state index in [1.165, 1.54) is 19.2 Å². The number of sulfonamides is 1. The van der Waals surface area contributed by atoms with Gasteiger partial charge in [0.2, 0.25) is 10.0 Å². The summed E-state index contributed by atoms with van der Waals surface area (Å²) in [4.78, 5) is 17.4. The van der Waals surface area contributed by atoms with E-state index in [0.717, 1.165) is 6.20 Å². The third kappa shape index (κ3) is 3.06. The monoisotopic (exact) mass is 301 g/mol. The van der Waals surface area contributed by atoms with Crippen molar-refractivity contribution < 1.29 is 22.7 Å². The fraction of sp³-hybridized carbons (Fsp3) is 0.455. The number of nitrogens with two attached hydrogens (primary N) is 1. The van der Waals surface area contributed by atoms with Crippen LogP contribution in [0.4, 0.5) is 5.82 Å². The first-order valence-electron chi connectivity index (χ1n) is 5.84. The second-order valence-corrected chi connectivity index (χ2v) is 5.77. The Hall–Kier alpha value is -1.71. The van der Waals surface area contributed by atoms with E-state index in [4.69, 9.17) is 14.6 Å². The quantitative estimate of drug-likeness (QED) is 0.720. The molecule has 0 radical (unpaired) electrons. The summed E-state index contributed by atoms with van der Waals surface area (Å²) in [6.45, 7) is 1.11. The first-order chi connectivity index (χ1) is 9.43. The van der Waals surface area contributed by atoms with Crippen molar-refractivity contribution in [3.63, 3.8) is 0 Å². The van der Waals surface area contributed by atoms with Gasteiger partial charge in [0.15, 0.2) is 6.04 Å². The van der Waals surface area contributed by atoms with Crippen LogP contribution in [0.3, 0.4) is 0 Å². The summed E-state index contributed by atoms with van der Waals surface area (Å²) >= 11 is 0. The van der Waals surface area contributed by atoms with Crippen LogP contribution in [0, 0.1) is 0 Å². The molecule has 2 heterocycles. The molecule has 0 aromatic carbocycles. The largest absolute Gasteiger partial charge is 0.467 e. The Morgan fingerprint density at radius 1 is 1.55 bits per heavy atom. The van der Waals surface area contributed by atoms with Crippen molar-refractivity contribution in [2.75, 3.05) is 31.8 Å². The summed E-state index contributed by atoms with van der Waals surface area (Å²) in [6, 6.07) is 2.25. The summed E-state index contributed by atoms with van der Waals surface area (Å²) in [7, 11) is -2.48. The molecule has 1 saturated heterocycles. The highest BCUT2D eigenvalue weighted by molar-refractivity contribution is 7.89. The molecule has 2 N–H and O–H groups in total. The first-order valence-corrected chi connectivity index (χ1v) is 7.39.